The Hall–Kier alpha value is -6.38. The van der Waals surface area contributed by atoms with Gasteiger partial charge in [0.15, 0.2) is 0 Å². The van der Waals surface area contributed by atoms with Gasteiger partial charge < -0.3 is 9.13 Å². The highest BCUT2D eigenvalue weighted by atomic mass is 15.0. The summed E-state index contributed by atoms with van der Waals surface area (Å²) in [6.45, 7) is 0. The van der Waals surface area contributed by atoms with Gasteiger partial charge in [-0.1, -0.05) is 127 Å². The van der Waals surface area contributed by atoms with Gasteiger partial charge in [-0.25, -0.2) is 0 Å². The van der Waals surface area contributed by atoms with Gasteiger partial charge in [-0.3, -0.25) is 0 Å². The lowest BCUT2D eigenvalue weighted by Crippen LogP contribution is -2.00. The Bertz CT molecular complexity index is 2690. The van der Waals surface area contributed by atoms with Gasteiger partial charge in [0.25, 0.3) is 0 Å². The molecule has 2 heteroatoms. The van der Waals surface area contributed by atoms with E-state index in [0.29, 0.717) is 0 Å². The molecule has 1 aliphatic carbocycles. The van der Waals surface area contributed by atoms with Crippen molar-refractivity contribution in [2.75, 3.05) is 0 Å². The summed E-state index contributed by atoms with van der Waals surface area (Å²) in [5.74, 6) is 0. The summed E-state index contributed by atoms with van der Waals surface area (Å²) >= 11 is 0. The lowest BCUT2D eigenvalue weighted by Gasteiger charge is -2.17. The van der Waals surface area contributed by atoms with Crippen LogP contribution in [0.5, 0.6) is 0 Å². The van der Waals surface area contributed by atoms with E-state index < -0.39 is 0 Å². The molecule has 10 aromatic rings. The fourth-order valence-corrected chi connectivity index (χ4v) is 8.47. The van der Waals surface area contributed by atoms with Crippen LogP contribution >= 0.6 is 0 Å². The Kier molecular flexibility index (Phi) is 5.14. The van der Waals surface area contributed by atoms with Crippen molar-refractivity contribution < 1.29 is 0 Å². The standard InChI is InChI=1S/C46H28N2/c1-2-13-34-33(12-1)40-19-11-18-39-32(24-25-41(34)46(39)40)29-26-30(47-42-20-7-3-14-35(42)36-15-4-8-21-43(36)47)28-31(27-29)48-44-22-9-5-16-37(44)38-17-6-10-23-45(38)48/h1-28H. The number of benzene rings is 8. The molecule has 1 aliphatic rings. The van der Waals surface area contributed by atoms with Crippen LogP contribution in [-0.2, 0) is 0 Å². The Morgan fingerprint density at radius 2 is 0.646 bits per heavy atom. The van der Waals surface area contributed by atoms with Crippen LogP contribution in [0.3, 0.4) is 0 Å². The normalized spacial score (nSPS) is 12.2. The number of para-hydroxylation sites is 4. The molecule has 0 saturated carbocycles. The minimum Gasteiger partial charge on any atom is -0.309 e. The lowest BCUT2D eigenvalue weighted by molar-refractivity contribution is 1.13. The Balaban J connectivity index is 1.27. The van der Waals surface area contributed by atoms with Crippen molar-refractivity contribution in [2.45, 2.75) is 0 Å². The molecule has 0 radical (unpaired) electrons. The number of hydrogen-bond donors (Lipinski definition) is 0. The summed E-state index contributed by atoms with van der Waals surface area (Å²) in [6.07, 6.45) is 0. The van der Waals surface area contributed by atoms with Crippen molar-refractivity contribution in [3.8, 4) is 44.8 Å². The zero-order valence-corrected chi connectivity index (χ0v) is 26.1. The van der Waals surface area contributed by atoms with E-state index in [4.69, 9.17) is 0 Å². The summed E-state index contributed by atoms with van der Waals surface area (Å²) in [7, 11) is 0. The van der Waals surface area contributed by atoms with Crippen molar-refractivity contribution in [1.29, 1.82) is 0 Å². The molecule has 0 saturated heterocycles. The van der Waals surface area contributed by atoms with E-state index in [-0.39, 0.29) is 0 Å². The molecule has 0 spiro atoms. The molecule has 2 heterocycles. The summed E-state index contributed by atoms with van der Waals surface area (Å²) in [5, 5.41) is 7.69. The number of nitrogens with zero attached hydrogens (tertiary/aromatic N) is 2. The van der Waals surface area contributed by atoms with E-state index in [1.807, 2.05) is 0 Å². The van der Waals surface area contributed by atoms with Crippen LogP contribution in [0.25, 0.3) is 99.1 Å². The third kappa shape index (κ3) is 3.41. The van der Waals surface area contributed by atoms with Crippen molar-refractivity contribution in [3.63, 3.8) is 0 Å². The Morgan fingerprint density at radius 3 is 1.15 bits per heavy atom. The van der Waals surface area contributed by atoms with Crippen LogP contribution in [-0.4, -0.2) is 9.13 Å². The van der Waals surface area contributed by atoms with E-state index in [1.54, 1.807) is 0 Å². The molecular formula is C46H28N2. The second kappa shape index (κ2) is 9.57. The van der Waals surface area contributed by atoms with Crippen LogP contribution in [0.1, 0.15) is 0 Å². The maximum absolute atomic E-state index is 2.45. The second-order valence-corrected chi connectivity index (χ2v) is 12.9. The highest BCUT2D eigenvalue weighted by molar-refractivity contribution is 6.19. The lowest BCUT2D eigenvalue weighted by atomic mass is 9.93. The minimum absolute atomic E-state index is 1.15. The fourth-order valence-electron chi connectivity index (χ4n) is 8.47. The molecule has 2 nitrogen and oxygen atoms in total. The first-order chi connectivity index (χ1) is 23.8. The van der Waals surface area contributed by atoms with Gasteiger partial charge in [-0.15, -0.1) is 0 Å². The highest BCUT2D eigenvalue weighted by Gasteiger charge is 2.23. The molecule has 0 N–H and O–H groups in total. The minimum atomic E-state index is 1.15. The molecule has 11 rings (SSSR count). The first-order valence-corrected chi connectivity index (χ1v) is 16.6. The molecule has 0 atom stereocenters. The molecule has 2 aromatic heterocycles. The van der Waals surface area contributed by atoms with Crippen LogP contribution in [0.4, 0.5) is 0 Å². The predicted molar refractivity (Wildman–Crippen MR) is 202 cm³/mol. The van der Waals surface area contributed by atoms with E-state index in [2.05, 4.69) is 179 Å². The summed E-state index contributed by atoms with van der Waals surface area (Å²) in [6, 6.07) is 62.6. The third-order valence-corrected chi connectivity index (χ3v) is 10.4. The zero-order valence-electron chi connectivity index (χ0n) is 26.1. The number of aromatic nitrogens is 2. The topological polar surface area (TPSA) is 9.86 Å². The van der Waals surface area contributed by atoms with E-state index in [1.165, 1.54) is 87.8 Å². The van der Waals surface area contributed by atoms with Gasteiger partial charge in [0.1, 0.15) is 0 Å². The largest absolute Gasteiger partial charge is 0.309 e. The summed E-state index contributed by atoms with van der Waals surface area (Å²) < 4.78 is 4.89. The van der Waals surface area contributed by atoms with Gasteiger partial charge in [0.05, 0.1) is 22.1 Å². The fraction of sp³-hybridized carbons (Fsp3) is 0. The summed E-state index contributed by atoms with van der Waals surface area (Å²) in [4.78, 5) is 0. The van der Waals surface area contributed by atoms with Gasteiger partial charge in [0.2, 0.25) is 0 Å². The van der Waals surface area contributed by atoms with E-state index in [9.17, 15) is 0 Å². The molecular weight excluding hydrogens is 581 g/mol. The van der Waals surface area contributed by atoms with Crippen molar-refractivity contribution in [1.82, 2.24) is 9.13 Å². The average molecular weight is 609 g/mol. The van der Waals surface area contributed by atoms with Gasteiger partial charge in [-0.05, 0) is 86.6 Å². The smallest absolute Gasteiger partial charge is 0.0541 e. The SMILES string of the molecule is c1ccc2c(c1)-c1cccc3c(-c4cc(-n5c6ccccc6c6ccccc65)cc(-n5c6ccccc6c6ccccc65)c4)ccc-2c13. The third-order valence-electron chi connectivity index (χ3n) is 10.4. The molecule has 48 heavy (non-hydrogen) atoms. The highest BCUT2D eigenvalue weighted by Crippen LogP contribution is 2.49. The molecule has 0 fully saturated rings. The average Bonchev–Trinajstić information content (AvgIpc) is 3.79. The van der Waals surface area contributed by atoms with Crippen LogP contribution < -0.4 is 0 Å². The number of fused-ring (bicyclic) bond motifs is 9. The first kappa shape index (κ1) is 25.8. The number of hydrogen-bond acceptors (Lipinski definition) is 0. The second-order valence-electron chi connectivity index (χ2n) is 12.9. The molecule has 0 amide bonds. The first-order valence-electron chi connectivity index (χ1n) is 16.6. The van der Waals surface area contributed by atoms with Crippen molar-refractivity contribution in [2.24, 2.45) is 0 Å². The Morgan fingerprint density at radius 1 is 0.271 bits per heavy atom. The van der Waals surface area contributed by atoms with Gasteiger partial charge >= 0.3 is 0 Å². The quantitative estimate of drug-likeness (QED) is 0.189. The zero-order chi connectivity index (χ0) is 31.3. The van der Waals surface area contributed by atoms with Crippen molar-refractivity contribution >= 4 is 54.4 Å². The monoisotopic (exact) mass is 608 g/mol. The number of rotatable bonds is 3. The molecule has 0 unspecified atom stereocenters. The predicted octanol–water partition coefficient (Wildman–Crippen LogP) is 12.3. The van der Waals surface area contributed by atoms with E-state index in [0.717, 1.165) is 11.4 Å². The van der Waals surface area contributed by atoms with Crippen LogP contribution in [0.15, 0.2) is 170 Å². The van der Waals surface area contributed by atoms with Crippen molar-refractivity contribution in [3.05, 3.63) is 170 Å². The van der Waals surface area contributed by atoms with Gasteiger partial charge in [-0.2, -0.15) is 0 Å². The summed E-state index contributed by atoms with van der Waals surface area (Å²) in [5.41, 5.74) is 14.8. The Labute approximate surface area is 277 Å². The molecule has 222 valence electrons. The maximum Gasteiger partial charge on any atom is 0.0541 e. The molecule has 8 aromatic carbocycles. The maximum atomic E-state index is 2.45. The van der Waals surface area contributed by atoms with Crippen LogP contribution in [0, 0.1) is 0 Å². The van der Waals surface area contributed by atoms with E-state index >= 15 is 0 Å². The van der Waals surface area contributed by atoms with Gasteiger partial charge in [0, 0.05) is 32.9 Å². The van der Waals surface area contributed by atoms with Crippen LogP contribution in [0.2, 0.25) is 0 Å². The molecule has 0 aliphatic heterocycles. The molecule has 0 bridgehead atoms.